The smallest absolute Gasteiger partial charge is 0.475 e. The molecule has 0 bridgehead atoms. The lowest BCUT2D eigenvalue weighted by atomic mass is 9.78. The first-order valence-electron chi connectivity index (χ1n) is 10.5. The van der Waals surface area contributed by atoms with Gasteiger partial charge in [-0.05, 0) is 49.4 Å². The summed E-state index contributed by atoms with van der Waals surface area (Å²) in [5.41, 5.74) is 1.15. The monoisotopic (exact) mass is 484 g/mol. The Labute approximate surface area is 193 Å². The number of aryl methyl sites for hydroxylation is 1. The minimum absolute atomic E-state index is 0.138. The molecular weight excluding hydrogens is 460 g/mol. The Morgan fingerprint density at radius 1 is 1.26 bits per heavy atom. The van der Waals surface area contributed by atoms with Gasteiger partial charge in [0, 0.05) is 31.1 Å². The van der Waals surface area contributed by atoms with E-state index < -0.39 is 18.0 Å². The van der Waals surface area contributed by atoms with Gasteiger partial charge in [0.15, 0.2) is 0 Å². The first-order chi connectivity index (χ1) is 16.0. The van der Waals surface area contributed by atoms with Crippen LogP contribution >= 0.6 is 0 Å². The van der Waals surface area contributed by atoms with Crippen LogP contribution in [-0.4, -0.2) is 69.9 Å². The number of likely N-dealkylation sites (tertiary alicyclic amines) is 1. The Morgan fingerprint density at radius 2 is 1.91 bits per heavy atom. The topological polar surface area (TPSA) is 105 Å². The van der Waals surface area contributed by atoms with Crippen molar-refractivity contribution in [3.05, 3.63) is 53.6 Å². The van der Waals surface area contributed by atoms with Crippen LogP contribution in [0.1, 0.15) is 28.8 Å². The van der Waals surface area contributed by atoms with E-state index in [1.54, 1.807) is 29.4 Å². The Morgan fingerprint density at radius 3 is 2.50 bits per heavy atom. The minimum Gasteiger partial charge on any atom is -0.475 e. The zero-order chi connectivity index (χ0) is 24.9. The second-order valence-electron chi connectivity index (χ2n) is 8.17. The third-order valence-corrected chi connectivity index (χ3v) is 5.67. The Bertz CT molecular complexity index is 1010. The van der Waals surface area contributed by atoms with Gasteiger partial charge in [-0.2, -0.15) is 13.2 Å². The molecule has 1 spiro atoms. The van der Waals surface area contributed by atoms with Crippen molar-refractivity contribution in [2.45, 2.75) is 31.5 Å². The van der Waals surface area contributed by atoms with Crippen molar-refractivity contribution in [1.29, 1.82) is 0 Å². The van der Waals surface area contributed by atoms with E-state index in [2.05, 4.69) is 15.3 Å². The predicted molar refractivity (Wildman–Crippen MR) is 113 cm³/mol. The summed E-state index contributed by atoms with van der Waals surface area (Å²) >= 11 is 0. The number of hydrogen-bond donors (Lipinski definition) is 2. The molecular formula is C22H24F4N4O4. The molecule has 0 saturated carbocycles. The van der Waals surface area contributed by atoms with Gasteiger partial charge in [-0.1, -0.05) is 6.07 Å². The van der Waals surface area contributed by atoms with Gasteiger partial charge in [-0.3, -0.25) is 4.79 Å². The number of carboxylic acid groups (broad SMARTS) is 1. The van der Waals surface area contributed by atoms with E-state index in [1.165, 1.54) is 12.1 Å². The summed E-state index contributed by atoms with van der Waals surface area (Å²) in [6.45, 7) is 4.56. The second kappa shape index (κ2) is 10.3. The quantitative estimate of drug-likeness (QED) is 0.628. The van der Waals surface area contributed by atoms with Crippen LogP contribution in [-0.2, 0) is 9.53 Å². The van der Waals surface area contributed by atoms with Gasteiger partial charge in [0.25, 0.3) is 5.91 Å². The van der Waals surface area contributed by atoms with Gasteiger partial charge in [0.1, 0.15) is 11.4 Å². The van der Waals surface area contributed by atoms with Crippen LogP contribution < -0.4 is 5.32 Å². The van der Waals surface area contributed by atoms with Crippen LogP contribution in [0.5, 0.6) is 0 Å². The number of aromatic nitrogens is 2. The number of amides is 1. The Hall–Kier alpha value is -3.28. The zero-order valence-electron chi connectivity index (χ0n) is 18.3. The van der Waals surface area contributed by atoms with E-state index >= 15 is 0 Å². The number of benzene rings is 1. The minimum atomic E-state index is -5.08. The van der Waals surface area contributed by atoms with Crippen LogP contribution in [0.4, 0.5) is 23.5 Å². The van der Waals surface area contributed by atoms with Crippen molar-refractivity contribution < 1.29 is 37.0 Å². The van der Waals surface area contributed by atoms with Crippen LogP contribution in [0.3, 0.4) is 0 Å². The highest BCUT2D eigenvalue weighted by Crippen LogP contribution is 2.42. The lowest BCUT2D eigenvalue weighted by Gasteiger charge is -2.50. The molecule has 184 valence electrons. The van der Waals surface area contributed by atoms with Crippen LogP contribution in [0.2, 0.25) is 0 Å². The molecule has 8 nitrogen and oxygen atoms in total. The molecule has 4 rings (SSSR count). The summed E-state index contributed by atoms with van der Waals surface area (Å²) in [4.78, 5) is 31.7. The lowest BCUT2D eigenvalue weighted by molar-refractivity contribution is -0.192. The molecule has 1 unspecified atom stereocenters. The van der Waals surface area contributed by atoms with Crippen molar-refractivity contribution in [1.82, 2.24) is 14.9 Å². The maximum atomic E-state index is 13.4. The largest absolute Gasteiger partial charge is 0.490 e. The molecule has 2 aromatic rings. The maximum Gasteiger partial charge on any atom is 0.490 e. The zero-order valence-corrected chi connectivity index (χ0v) is 18.3. The molecule has 2 aliphatic rings. The molecule has 1 amide bonds. The molecule has 2 fully saturated rings. The van der Waals surface area contributed by atoms with Gasteiger partial charge < -0.3 is 20.1 Å². The second-order valence-corrected chi connectivity index (χ2v) is 8.17. The average Bonchev–Trinajstić information content (AvgIpc) is 3.17. The molecule has 2 aliphatic heterocycles. The first-order valence-corrected chi connectivity index (χ1v) is 10.5. The highest BCUT2D eigenvalue weighted by molar-refractivity contribution is 5.95. The number of ether oxygens (including phenoxy) is 1. The standard InChI is InChI=1S/C20H23FN4O2.C2HF3O2/c1-14-10-23-19(24-11-14)22-7-5-16-6-8-27-20(16)12-25(13-20)18(26)15-3-2-4-17(21)9-15;3-2(4,5)1(6)7/h2-4,9-11,16H,5-8,12-13H2,1H3,(H,22,23,24);(H,6,7). The number of anilines is 1. The van der Waals surface area contributed by atoms with Gasteiger partial charge in [0.05, 0.1) is 13.1 Å². The van der Waals surface area contributed by atoms with Crippen molar-refractivity contribution in [2.24, 2.45) is 5.92 Å². The van der Waals surface area contributed by atoms with E-state index in [1.807, 2.05) is 6.92 Å². The third kappa shape index (κ3) is 6.19. The average molecular weight is 484 g/mol. The molecule has 12 heteroatoms. The lowest BCUT2D eigenvalue weighted by Crippen LogP contribution is -2.66. The van der Waals surface area contributed by atoms with Crippen molar-refractivity contribution in [3.63, 3.8) is 0 Å². The number of halogens is 4. The van der Waals surface area contributed by atoms with Crippen LogP contribution in [0, 0.1) is 18.7 Å². The molecule has 0 aliphatic carbocycles. The Kier molecular flexibility index (Phi) is 7.70. The molecule has 1 atom stereocenters. The number of nitrogens with one attached hydrogen (secondary N) is 1. The fourth-order valence-electron chi connectivity index (χ4n) is 3.93. The highest BCUT2D eigenvalue weighted by Gasteiger charge is 2.54. The number of nitrogens with zero attached hydrogens (tertiary/aromatic N) is 3. The van der Waals surface area contributed by atoms with E-state index in [0.717, 1.165) is 24.9 Å². The van der Waals surface area contributed by atoms with E-state index in [-0.39, 0.29) is 11.5 Å². The number of carboxylic acids is 1. The summed E-state index contributed by atoms with van der Waals surface area (Å²) in [5, 5.41) is 10.4. The number of aliphatic carboxylic acids is 1. The van der Waals surface area contributed by atoms with Crippen molar-refractivity contribution >= 4 is 17.8 Å². The summed E-state index contributed by atoms with van der Waals surface area (Å²) in [6, 6.07) is 5.84. The number of rotatable bonds is 5. The van der Waals surface area contributed by atoms with E-state index in [4.69, 9.17) is 14.6 Å². The number of carbonyl (C=O) groups excluding carboxylic acids is 1. The van der Waals surface area contributed by atoms with Crippen molar-refractivity contribution in [3.8, 4) is 0 Å². The predicted octanol–water partition coefficient (Wildman–Crippen LogP) is 3.29. The summed E-state index contributed by atoms with van der Waals surface area (Å²) < 4.78 is 51.1. The summed E-state index contributed by atoms with van der Waals surface area (Å²) in [6.07, 6.45) is 0.409. The number of alkyl halides is 3. The first kappa shape index (κ1) is 25.3. The van der Waals surface area contributed by atoms with Gasteiger partial charge >= 0.3 is 12.1 Å². The van der Waals surface area contributed by atoms with Gasteiger partial charge in [-0.15, -0.1) is 0 Å². The Balaban J connectivity index is 0.000000406. The molecule has 1 aromatic heterocycles. The van der Waals surface area contributed by atoms with Crippen LogP contribution in [0.15, 0.2) is 36.7 Å². The SMILES string of the molecule is Cc1cnc(NCCC2CCOC23CN(C(=O)c2cccc(F)c2)C3)nc1.O=C(O)C(F)(F)F. The highest BCUT2D eigenvalue weighted by atomic mass is 19.4. The number of carbonyl (C=O) groups is 2. The number of hydrogen-bond acceptors (Lipinski definition) is 6. The fourth-order valence-corrected chi connectivity index (χ4v) is 3.93. The third-order valence-electron chi connectivity index (χ3n) is 5.67. The molecule has 3 heterocycles. The summed E-state index contributed by atoms with van der Waals surface area (Å²) in [7, 11) is 0. The normalized spacial score (nSPS) is 18.6. The van der Waals surface area contributed by atoms with Gasteiger partial charge in [0.2, 0.25) is 5.95 Å². The van der Waals surface area contributed by atoms with Gasteiger partial charge in [-0.25, -0.2) is 19.2 Å². The molecule has 2 N–H and O–H groups in total. The van der Waals surface area contributed by atoms with Crippen molar-refractivity contribution in [2.75, 3.05) is 31.6 Å². The summed E-state index contributed by atoms with van der Waals surface area (Å²) in [5.74, 6) is -2.28. The molecule has 2 saturated heterocycles. The molecule has 34 heavy (non-hydrogen) atoms. The maximum absolute atomic E-state index is 13.4. The molecule has 1 aromatic carbocycles. The fraction of sp³-hybridized carbons (Fsp3) is 0.455. The van der Waals surface area contributed by atoms with E-state index in [0.29, 0.717) is 37.1 Å². The molecule has 0 radical (unpaired) electrons. The van der Waals surface area contributed by atoms with Crippen LogP contribution in [0.25, 0.3) is 0 Å². The van der Waals surface area contributed by atoms with E-state index in [9.17, 15) is 22.4 Å².